The maximum absolute atomic E-state index is 13.1. The standard InChI is InChI=1S/C21H24N4O4/c26-16-6-5-14(18(27)24-16)25-19(28)13-4-1-3-12(17(13)20(25)29)11-22-15-7-10-23-21(15)8-2-9-21/h1,3-4,14-15,22-23H,2,5-11H2,(H,24,26,27). The van der Waals surface area contributed by atoms with Gasteiger partial charge in [-0.15, -0.1) is 0 Å². The van der Waals surface area contributed by atoms with Crippen molar-refractivity contribution < 1.29 is 19.2 Å². The molecule has 0 radical (unpaired) electrons. The molecule has 152 valence electrons. The molecule has 0 aromatic heterocycles. The summed E-state index contributed by atoms with van der Waals surface area (Å²) < 4.78 is 0. The van der Waals surface area contributed by atoms with E-state index in [4.69, 9.17) is 0 Å². The number of nitrogens with one attached hydrogen (secondary N) is 3. The van der Waals surface area contributed by atoms with Crippen molar-refractivity contribution in [2.24, 2.45) is 0 Å². The number of fused-ring (bicyclic) bond motifs is 1. The van der Waals surface area contributed by atoms with E-state index in [1.807, 2.05) is 6.07 Å². The summed E-state index contributed by atoms with van der Waals surface area (Å²) in [6.07, 6.45) is 4.90. The van der Waals surface area contributed by atoms with Crippen LogP contribution in [0.5, 0.6) is 0 Å². The van der Waals surface area contributed by atoms with E-state index in [9.17, 15) is 19.2 Å². The molecule has 3 N–H and O–H groups in total. The molecule has 29 heavy (non-hydrogen) atoms. The number of hydrogen-bond acceptors (Lipinski definition) is 6. The van der Waals surface area contributed by atoms with Crippen molar-refractivity contribution in [2.75, 3.05) is 6.54 Å². The molecule has 2 saturated heterocycles. The molecule has 1 aliphatic carbocycles. The molecular formula is C21H24N4O4. The van der Waals surface area contributed by atoms with Gasteiger partial charge in [0.2, 0.25) is 11.8 Å². The SMILES string of the molecule is O=C1CCC(N2C(=O)c3cccc(CNC4CCNC45CCC5)c3C2=O)C(=O)N1. The van der Waals surface area contributed by atoms with Crippen LogP contribution in [0.15, 0.2) is 18.2 Å². The minimum Gasteiger partial charge on any atom is -0.310 e. The molecular weight excluding hydrogens is 372 g/mol. The quantitative estimate of drug-likeness (QED) is 0.639. The number of carbonyl (C=O) groups excluding carboxylic acids is 4. The van der Waals surface area contributed by atoms with Gasteiger partial charge in [0.25, 0.3) is 11.8 Å². The number of carbonyl (C=O) groups is 4. The van der Waals surface area contributed by atoms with Crippen molar-refractivity contribution in [1.29, 1.82) is 0 Å². The third-order valence-corrected chi connectivity index (χ3v) is 6.92. The lowest BCUT2D eigenvalue weighted by Gasteiger charge is -2.44. The van der Waals surface area contributed by atoms with E-state index in [1.165, 1.54) is 6.42 Å². The average Bonchev–Trinajstić information content (AvgIpc) is 3.21. The molecule has 5 rings (SSSR count). The van der Waals surface area contributed by atoms with Crippen LogP contribution in [-0.4, -0.2) is 52.7 Å². The van der Waals surface area contributed by atoms with E-state index in [0.717, 1.165) is 36.3 Å². The predicted molar refractivity (Wildman–Crippen MR) is 103 cm³/mol. The van der Waals surface area contributed by atoms with Crippen molar-refractivity contribution in [3.8, 4) is 0 Å². The number of imide groups is 2. The molecule has 8 heteroatoms. The summed E-state index contributed by atoms with van der Waals surface area (Å²) in [7, 11) is 0. The Morgan fingerprint density at radius 2 is 1.93 bits per heavy atom. The van der Waals surface area contributed by atoms with E-state index >= 15 is 0 Å². The van der Waals surface area contributed by atoms with Crippen LogP contribution < -0.4 is 16.0 Å². The van der Waals surface area contributed by atoms with Crippen molar-refractivity contribution in [3.05, 3.63) is 34.9 Å². The topological polar surface area (TPSA) is 108 Å². The van der Waals surface area contributed by atoms with E-state index in [0.29, 0.717) is 23.7 Å². The zero-order valence-corrected chi connectivity index (χ0v) is 16.1. The number of rotatable bonds is 4. The number of hydrogen-bond donors (Lipinski definition) is 3. The smallest absolute Gasteiger partial charge is 0.262 e. The number of amides is 4. The first-order valence-electron chi connectivity index (χ1n) is 10.3. The molecule has 3 aliphatic heterocycles. The van der Waals surface area contributed by atoms with Crippen LogP contribution in [0.2, 0.25) is 0 Å². The predicted octanol–water partition coefficient (Wildman–Crippen LogP) is 0.462. The second-order valence-corrected chi connectivity index (χ2v) is 8.45. The van der Waals surface area contributed by atoms with Crippen LogP contribution in [0.25, 0.3) is 0 Å². The minimum atomic E-state index is -0.932. The highest BCUT2D eigenvalue weighted by molar-refractivity contribution is 6.24. The highest BCUT2D eigenvalue weighted by Gasteiger charge is 2.48. The Kier molecular flexibility index (Phi) is 4.29. The summed E-state index contributed by atoms with van der Waals surface area (Å²) >= 11 is 0. The number of piperidine rings is 1. The molecule has 4 amide bonds. The van der Waals surface area contributed by atoms with Gasteiger partial charge >= 0.3 is 0 Å². The number of nitrogens with zero attached hydrogens (tertiary/aromatic N) is 1. The summed E-state index contributed by atoms with van der Waals surface area (Å²) in [6, 6.07) is 4.70. The second-order valence-electron chi connectivity index (χ2n) is 8.45. The molecule has 4 aliphatic rings. The van der Waals surface area contributed by atoms with Crippen LogP contribution in [0.1, 0.15) is 64.8 Å². The maximum atomic E-state index is 13.1. The van der Waals surface area contributed by atoms with Gasteiger partial charge in [-0.25, -0.2) is 0 Å². The second kappa shape index (κ2) is 6.74. The van der Waals surface area contributed by atoms with E-state index in [-0.39, 0.29) is 24.3 Å². The van der Waals surface area contributed by atoms with Gasteiger partial charge in [-0.3, -0.25) is 29.4 Å². The monoisotopic (exact) mass is 396 g/mol. The molecule has 3 heterocycles. The summed E-state index contributed by atoms with van der Waals surface area (Å²) in [5.74, 6) is -1.86. The van der Waals surface area contributed by atoms with Crippen LogP contribution in [0.4, 0.5) is 0 Å². The minimum absolute atomic E-state index is 0.120. The fraction of sp³-hybridized carbons (Fsp3) is 0.524. The Labute approximate surface area is 168 Å². The molecule has 1 aromatic rings. The van der Waals surface area contributed by atoms with Crippen molar-refractivity contribution in [2.45, 2.75) is 62.7 Å². The van der Waals surface area contributed by atoms with Gasteiger partial charge in [0.15, 0.2) is 0 Å². The number of benzene rings is 1. The molecule has 1 aromatic carbocycles. The lowest BCUT2D eigenvalue weighted by atomic mass is 9.73. The molecule has 2 atom stereocenters. The first-order chi connectivity index (χ1) is 14.0. The van der Waals surface area contributed by atoms with E-state index in [1.54, 1.807) is 12.1 Å². The molecule has 1 saturated carbocycles. The molecule has 1 spiro atoms. The zero-order chi connectivity index (χ0) is 20.2. The fourth-order valence-corrected chi connectivity index (χ4v) is 5.21. The Bertz CT molecular complexity index is 923. The first-order valence-corrected chi connectivity index (χ1v) is 10.3. The summed E-state index contributed by atoms with van der Waals surface area (Å²) in [4.78, 5) is 50.7. The first kappa shape index (κ1) is 18.4. The highest BCUT2D eigenvalue weighted by atomic mass is 16.2. The zero-order valence-electron chi connectivity index (χ0n) is 16.1. The summed E-state index contributed by atoms with van der Waals surface area (Å²) in [5, 5.41) is 9.44. The van der Waals surface area contributed by atoms with Crippen LogP contribution >= 0.6 is 0 Å². The maximum Gasteiger partial charge on any atom is 0.262 e. The van der Waals surface area contributed by atoms with Crippen molar-refractivity contribution in [1.82, 2.24) is 20.9 Å². The van der Waals surface area contributed by atoms with Gasteiger partial charge < -0.3 is 10.6 Å². The Hall–Kier alpha value is -2.58. The van der Waals surface area contributed by atoms with Crippen LogP contribution in [-0.2, 0) is 16.1 Å². The van der Waals surface area contributed by atoms with Crippen LogP contribution in [0, 0.1) is 0 Å². The van der Waals surface area contributed by atoms with Gasteiger partial charge in [0, 0.05) is 24.5 Å². The van der Waals surface area contributed by atoms with Crippen molar-refractivity contribution in [3.63, 3.8) is 0 Å². The molecule has 0 bridgehead atoms. The highest BCUT2D eigenvalue weighted by Crippen LogP contribution is 2.39. The van der Waals surface area contributed by atoms with Crippen molar-refractivity contribution >= 4 is 23.6 Å². The fourth-order valence-electron chi connectivity index (χ4n) is 5.21. The van der Waals surface area contributed by atoms with Gasteiger partial charge in [0.05, 0.1) is 11.1 Å². The van der Waals surface area contributed by atoms with Gasteiger partial charge in [-0.2, -0.15) is 0 Å². The Balaban J connectivity index is 1.38. The summed E-state index contributed by atoms with van der Waals surface area (Å²) in [6.45, 7) is 1.49. The lowest BCUT2D eigenvalue weighted by Crippen LogP contribution is -2.58. The average molecular weight is 396 g/mol. The van der Waals surface area contributed by atoms with E-state index in [2.05, 4.69) is 16.0 Å². The van der Waals surface area contributed by atoms with Gasteiger partial charge in [-0.05, 0) is 50.3 Å². The van der Waals surface area contributed by atoms with E-state index < -0.39 is 23.8 Å². The Morgan fingerprint density at radius 1 is 1.10 bits per heavy atom. The molecule has 8 nitrogen and oxygen atoms in total. The third kappa shape index (κ3) is 2.81. The van der Waals surface area contributed by atoms with Crippen LogP contribution in [0.3, 0.4) is 0 Å². The van der Waals surface area contributed by atoms with Gasteiger partial charge in [-0.1, -0.05) is 12.1 Å². The largest absolute Gasteiger partial charge is 0.310 e. The van der Waals surface area contributed by atoms with Gasteiger partial charge in [0.1, 0.15) is 6.04 Å². The molecule has 2 unspecified atom stereocenters. The summed E-state index contributed by atoms with van der Waals surface area (Å²) in [5.41, 5.74) is 1.67. The molecule has 3 fully saturated rings. The third-order valence-electron chi connectivity index (χ3n) is 6.92. The lowest BCUT2D eigenvalue weighted by molar-refractivity contribution is -0.136. The Morgan fingerprint density at radius 3 is 2.66 bits per heavy atom. The normalized spacial score (nSPS) is 27.9.